The Morgan fingerprint density at radius 2 is 1.73 bits per heavy atom. The molecule has 2 fully saturated rings. The highest BCUT2D eigenvalue weighted by Gasteiger charge is 2.47. The SMILES string of the molecule is CC1=C2C3CC(OC(=O)C(C)(C)C)C[C@H]2[C@H](C(C)C)CC[C@@H](C)[C@@H]3CC1. The van der Waals surface area contributed by atoms with E-state index in [1.807, 2.05) is 20.8 Å². The molecule has 0 saturated heterocycles. The summed E-state index contributed by atoms with van der Waals surface area (Å²) >= 11 is 0. The maximum Gasteiger partial charge on any atom is 0.311 e. The molecule has 0 radical (unpaired) electrons. The summed E-state index contributed by atoms with van der Waals surface area (Å²) < 4.78 is 6.09. The van der Waals surface area contributed by atoms with E-state index < -0.39 is 5.41 Å². The van der Waals surface area contributed by atoms with Gasteiger partial charge in [-0.25, -0.2) is 0 Å². The number of esters is 1. The van der Waals surface area contributed by atoms with E-state index in [1.54, 1.807) is 11.1 Å². The Bertz CT molecular complexity index is 565. The van der Waals surface area contributed by atoms with E-state index >= 15 is 0 Å². The van der Waals surface area contributed by atoms with Gasteiger partial charge in [-0.15, -0.1) is 0 Å². The zero-order valence-electron chi connectivity index (χ0n) is 18.1. The van der Waals surface area contributed by atoms with Crippen LogP contribution in [0.3, 0.4) is 0 Å². The Hall–Kier alpha value is -0.790. The van der Waals surface area contributed by atoms with Crippen molar-refractivity contribution in [3.8, 4) is 0 Å². The summed E-state index contributed by atoms with van der Waals surface area (Å²) in [6, 6.07) is 0. The molecule has 2 nitrogen and oxygen atoms in total. The molecule has 3 aliphatic carbocycles. The van der Waals surface area contributed by atoms with E-state index in [1.165, 1.54) is 25.7 Å². The molecule has 0 N–H and O–H groups in total. The summed E-state index contributed by atoms with van der Waals surface area (Å²) in [7, 11) is 0. The molecule has 6 atom stereocenters. The second-order valence-corrected chi connectivity index (χ2v) is 10.9. The summed E-state index contributed by atoms with van der Waals surface area (Å²) in [4.78, 5) is 12.6. The lowest BCUT2D eigenvalue weighted by molar-refractivity contribution is -0.162. The normalized spacial score (nSPS) is 38.0. The minimum Gasteiger partial charge on any atom is -0.462 e. The molecule has 0 amide bonds. The number of rotatable bonds is 2. The Labute approximate surface area is 161 Å². The molecule has 26 heavy (non-hydrogen) atoms. The van der Waals surface area contributed by atoms with Crippen molar-refractivity contribution in [1.82, 2.24) is 0 Å². The van der Waals surface area contributed by atoms with Crippen molar-refractivity contribution in [2.24, 2.45) is 40.9 Å². The molecule has 0 aromatic heterocycles. The number of allylic oxidation sites excluding steroid dienone is 2. The third-order valence-corrected chi connectivity index (χ3v) is 7.64. The third kappa shape index (κ3) is 3.76. The molecule has 0 aromatic rings. The number of ether oxygens (including phenoxy) is 1. The van der Waals surface area contributed by atoms with E-state index in [0.29, 0.717) is 17.8 Å². The Morgan fingerprint density at radius 1 is 1.08 bits per heavy atom. The molecule has 2 unspecified atom stereocenters. The van der Waals surface area contributed by atoms with Gasteiger partial charge < -0.3 is 4.74 Å². The van der Waals surface area contributed by atoms with Crippen molar-refractivity contribution in [1.29, 1.82) is 0 Å². The Morgan fingerprint density at radius 3 is 2.35 bits per heavy atom. The van der Waals surface area contributed by atoms with Crippen LogP contribution in [0.2, 0.25) is 0 Å². The van der Waals surface area contributed by atoms with Gasteiger partial charge in [0.15, 0.2) is 0 Å². The lowest BCUT2D eigenvalue weighted by Crippen LogP contribution is -2.45. The molecule has 148 valence electrons. The second-order valence-electron chi connectivity index (χ2n) is 10.9. The first-order valence-electron chi connectivity index (χ1n) is 11.0. The van der Waals surface area contributed by atoms with Gasteiger partial charge in [-0.2, -0.15) is 0 Å². The highest BCUT2D eigenvalue weighted by Crippen LogP contribution is 2.55. The quantitative estimate of drug-likeness (QED) is 0.421. The van der Waals surface area contributed by atoms with Crippen molar-refractivity contribution in [2.45, 2.75) is 93.1 Å². The van der Waals surface area contributed by atoms with Crippen LogP contribution in [0.25, 0.3) is 0 Å². The third-order valence-electron chi connectivity index (χ3n) is 7.64. The fraction of sp³-hybridized carbons (Fsp3) is 0.875. The maximum atomic E-state index is 12.6. The Kier molecular flexibility index (Phi) is 5.62. The smallest absolute Gasteiger partial charge is 0.311 e. The molecule has 3 rings (SSSR count). The van der Waals surface area contributed by atoms with E-state index in [4.69, 9.17) is 4.74 Å². The zero-order chi connectivity index (χ0) is 19.2. The first-order valence-corrected chi connectivity index (χ1v) is 11.0. The molecule has 0 aromatic carbocycles. The van der Waals surface area contributed by atoms with Crippen LogP contribution in [0.4, 0.5) is 0 Å². The first-order chi connectivity index (χ1) is 12.1. The second kappa shape index (κ2) is 7.32. The molecule has 4 bridgehead atoms. The monoisotopic (exact) mass is 360 g/mol. The average molecular weight is 361 g/mol. The number of hydrogen-bond donors (Lipinski definition) is 0. The fourth-order valence-corrected chi connectivity index (χ4v) is 6.14. The highest BCUT2D eigenvalue weighted by atomic mass is 16.5. The summed E-state index contributed by atoms with van der Waals surface area (Å²) in [5, 5.41) is 0. The molecular formula is C24H40O2. The number of carbonyl (C=O) groups is 1. The summed E-state index contributed by atoms with van der Waals surface area (Å²) in [5.74, 6) is 4.27. The van der Waals surface area contributed by atoms with Crippen LogP contribution < -0.4 is 0 Å². The van der Waals surface area contributed by atoms with Crippen molar-refractivity contribution in [3.63, 3.8) is 0 Å². The van der Waals surface area contributed by atoms with Gasteiger partial charge in [-0.3, -0.25) is 4.79 Å². The van der Waals surface area contributed by atoms with Crippen molar-refractivity contribution in [3.05, 3.63) is 11.1 Å². The van der Waals surface area contributed by atoms with Crippen molar-refractivity contribution in [2.75, 3.05) is 0 Å². The van der Waals surface area contributed by atoms with Gasteiger partial charge in [-0.05, 0) is 95.3 Å². The maximum absolute atomic E-state index is 12.6. The molecule has 0 heterocycles. The molecule has 0 spiro atoms. The topological polar surface area (TPSA) is 26.3 Å². The van der Waals surface area contributed by atoms with Gasteiger partial charge in [0.2, 0.25) is 0 Å². The van der Waals surface area contributed by atoms with E-state index in [0.717, 1.165) is 30.6 Å². The van der Waals surface area contributed by atoms with Gasteiger partial charge in [0.05, 0.1) is 5.41 Å². The van der Waals surface area contributed by atoms with E-state index in [-0.39, 0.29) is 12.1 Å². The first kappa shape index (κ1) is 20.0. The van der Waals surface area contributed by atoms with Crippen LogP contribution in [0.15, 0.2) is 11.1 Å². The van der Waals surface area contributed by atoms with Gasteiger partial charge in [0, 0.05) is 0 Å². The van der Waals surface area contributed by atoms with Crippen molar-refractivity contribution < 1.29 is 9.53 Å². The standard InChI is InChI=1S/C24H40O2/c1-14(2)18-10-8-15(3)19-11-9-16(4)22-20(18)12-17(13-21(19)22)26-23(25)24(5,6)7/h14-15,17-21H,8-13H2,1-7H3/t15-,17?,18+,19+,20+,21?/m1/s1. The number of hydrogen-bond acceptors (Lipinski definition) is 2. The lowest BCUT2D eigenvalue weighted by atomic mass is 9.55. The fourth-order valence-electron chi connectivity index (χ4n) is 6.14. The lowest BCUT2D eigenvalue weighted by Gasteiger charge is -2.51. The van der Waals surface area contributed by atoms with Gasteiger partial charge >= 0.3 is 5.97 Å². The number of carbonyl (C=O) groups excluding carboxylic acids is 1. The summed E-state index contributed by atoms with van der Waals surface area (Å²) in [6.45, 7) is 15.6. The van der Waals surface area contributed by atoms with Crippen LogP contribution >= 0.6 is 0 Å². The zero-order valence-corrected chi connectivity index (χ0v) is 18.1. The molecule has 2 heteroatoms. The van der Waals surface area contributed by atoms with Crippen LogP contribution in [-0.2, 0) is 9.53 Å². The predicted molar refractivity (Wildman–Crippen MR) is 108 cm³/mol. The van der Waals surface area contributed by atoms with Crippen LogP contribution in [0, 0.1) is 40.9 Å². The molecular weight excluding hydrogens is 320 g/mol. The van der Waals surface area contributed by atoms with E-state index in [2.05, 4.69) is 27.7 Å². The van der Waals surface area contributed by atoms with Crippen LogP contribution in [-0.4, -0.2) is 12.1 Å². The Balaban J connectivity index is 1.94. The largest absolute Gasteiger partial charge is 0.462 e. The summed E-state index contributed by atoms with van der Waals surface area (Å²) in [6.07, 6.45) is 7.55. The van der Waals surface area contributed by atoms with E-state index in [9.17, 15) is 4.79 Å². The van der Waals surface area contributed by atoms with Gasteiger partial charge in [0.25, 0.3) is 0 Å². The minimum absolute atomic E-state index is 0.0241. The molecule has 3 aliphatic rings. The van der Waals surface area contributed by atoms with Gasteiger partial charge in [-0.1, -0.05) is 38.3 Å². The highest BCUT2D eigenvalue weighted by molar-refractivity contribution is 5.75. The summed E-state index contributed by atoms with van der Waals surface area (Å²) in [5.41, 5.74) is 3.04. The van der Waals surface area contributed by atoms with Crippen LogP contribution in [0.5, 0.6) is 0 Å². The minimum atomic E-state index is -0.407. The molecule has 2 saturated carbocycles. The van der Waals surface area contributed by atoms with Crippen molar-refractivity contribution >= 4 is 5.97 Å². The average Bonchev–Trinajstić information content (AvgIpc) is 2.53. The van der Waals surface area contributed by atoms with Gasteiger partial charge in [0.1, 0.15) is 6.10 Å². The van der Waals surface area contributed by atoms with Crippen LogP contribution in [0.1, 0.15) is 87.0 Å². The molecule has 0 aliphatic heterocycles. The predicted octanol–water partition coefficient (Wildman–Crippen LogP) is 6.40.